The van der Waals surface area contributed by atoms with Crippen LogP contribution in [0.2, 0.25) is 0 Å². The molecule has 4 aromatic rings. The quantitative estimate of drug-likeness (QED) is 0.311. The van der Waals surface area contributed by atoms with E-state index < -0.39 is 23.2 Å². The first-order valence-electron chi connectivity index (χ1n) is 14.7. The standard InChI is InChI=1S/C31H35F3N8O2/c1-40-13-15-41(16-14-40)20-8-10-21(11-9-20)42-29-26(28(35)36-18-37-29)27(39-42)19-7-12-24(25(17-19)44-2)38-30(43)22-5-3-4-6-23(22)31(32,33)34/h3-7,12,17-18,20-21H,8-11,13-16H2,1-2H3,(H,38,43)(H2,35,36,37)/t20-,21+. The number of hydrogen-bond acceptors (Lipinski definition) is 8. The predicted molar refractivity (Wildman–Crippen MR) is 161 cm³/mol. The lowest BCUT2D eigenvalue weighted by Crippen LogP contribution is -2.49. The van der Waals surface area contributed by atoms with E-state index >= 15 is 0 Å². The number of likely N-dealkylation sites (N-methyl/N-ethyl adjacent to an activating group) is 1. The third-order valence-electron chi connectivity index (χ3n) is 8.78. The number of halogens is 3. The number of ether oxygens (including phenoxy) is 1. The zero-order valence-corrected chi connectivity index (χ0v) is 24.6. The van der Waals surface area contributed by atoms with Crippen molar-refractivity contribution in [3.8, 4) is 17.0 Å². The Labute approximate surface area is 253 Å². The number of nitrogens with zero attached hydrogens (tertiary/aromatic N) is 6. The van der Waals surface area contributed by atoms with Crippen molar-refractivity contribution in [2.24, 2.45) is 0 Å². The van der Waals surface area contributed by atoms with E-state index in [4.69, 9.17) is 15.6 Å². The van der Waals surface area contributed by atoms with E-state index in [1.54, 1.807) is 18.2 Å². The first kappa shape index (κ1) is 29.8. The Kier molecular flexibility index (Phi) is 8.16. The van der Waals surface area contributed by atoms with Gasteiger partial charge in [-0.2, -0.15) is 18.3 Å². The second-order valence-electron chi connectivity index (χ2n) is 11.5. The molecule has 232 valence electrons. The molecule has 1 saturated carbocycles. The fourth-order valence-electron chi connectivity index (χ4n) is 6.37. The maximum atomic E-state index is 13.5. The van der Waals surface area contributed by atoms with Gasteiger partial charge in [-0.25, -0.2) is 14.6 Å². The van der Waals surface area contributed by atoms with E-state index in [2.05, 4.69) is 32.1 Å². The average Bonchev–Trinajstić information content (AvgIpc) is 3.42. The Morgan fingerprint density at radius 1 is 1.00 bits per heavy atom. The Bertz CT molecular complexity index is 1660. The van der Waals surface area contributed by atoms with Crippen LogP contribution in [0.15, 0.2) is 48.8 Å². The molecule has 1 aliphatic heterocycles. The number of carbonyl (C=O) groups excluding carboxylic acids is 1. The van der Waals surface area contributed by atoms with Crippen LogP contribution >= 0.6 is 0 Å². The number of nitrogens with one attached hydrogen (secondary N) is 1. The van der Waals surface area contributed by atoms with Crippen LogP contribution < -0.4 is 15.8 Å². The van der Waals surface area contributed by atoms with Gasteiger partial charge in [-0.15, -0.1) is 0 Å². The number of carbonyl (C=O) groups is 1. The lowest BCUT2D eigenvalue weighted by molar-refractivity contribution is -0.137. The van der Waals surface area contributed by atoms with Gasteiger partial charge in [0.05, 0.1) is 35.4 Å². The fraction of sp³-hybridized carbons (Fsp3) is 0.419. The summed E-state index contributed by atoms with van der Waals surface area (Å²) in [5.74, 6) is -0.350. The molecule has 3 N–H and O–H groups in total. The molecule has 0 unspecified atom stereocenters. The number of amides is 1. The molecule has 10 nitrogen and oxygen atoms in total. The number of anilines is 2. The van der Waals surface area contributed by atoms with Crippen molar-refractivity contribution in [2.75, 3.05) is 51.4 Å². The van der Waals surface area contributed by atoms with Crippen LogP contribution in [0.5, 0.6) is 5.75 Å². The number of nitrogens with two attached hydrogens (primary N) is 1. The van der Waals surface area contributed by atoms with E-state index in [0.29, 0.717) is 34.2 Å². The van der Waals surface area contributed by atoms with Gasteiger partial charge >= 0.3 is 6.18 Å². The summed E-state index contributed by atoms with van der Waals surface area (Å²) in [5.41, 5.74) is 6.93. The van der Waals surface area contributed by atoms with Crippen molar-refractivity contribution < 1.29 is 22.7 Å². The molecule has 0 spiro atoms. The molecular formula is C31H35F3N8O2. The maximum absolute atomic E-state index is 13.5. The lowest BCUT2D eigenvalue weighted by atomic mass is 9.90. The summed E-state index contributed by atoms with van der Waals surface area (Å²) in [7, 11) is 3.59. The zero-order chi connectivity index (χ0) is 31.0. The van der Waals surface area contributed by atoms with Gasteiger partial charge in [0.1, 0.15) is 23.6 Å². The molecule has 2 aromatic heterocycles. The summed E-state index contributed by atoms with van der Waals surface area (Å²) < 4.78 is 48.0. The van der Waals surface area contributed by atoms with Gasteiger partial charge in [0, 0.05) is 37.8 Å². The number of piperazine rings is 1. The van der Waals surface area contributed by atoms with E-state index in [1.165, 1.54) is 25.6 Å². The summed E-state index contributed by atoms with van der Waals surface area (Å²) in [6.45, 7) is 4.38. The van der Waals surface area contributed by atoms with Gasteiger partial charge in [-0.05, 0) is 57.0 Å². The van der Waals surface area contributed by atoms with Crippen molar-refractivity contribution in [1.29, 1.82) is 0 Å². The van der Waals surface area contributed by atoms with Crippen LogP contribution in [0.4, 0.5) is 24.7 Å². The van der Waals surface area contributed by atoms with Gasteiger partial charge in [-0.3, -0.25) is 9.69 Å². The molecule has 44 heavy (non-hydrogen) atoms. The second-order valence-corrected chi connectivity index (χ2v) is 11.5. The van der Waals surface area contributed by atoms with Gasteiger partial charge < -0.3 is 20.7 Å². The van der Waals surface area contributed by atoms with Crippen LogP contribution in [0, 0.1) is 0 Å². The summed E-state index contributed by atoms with van der Waals surface area (Å²) in [6.07, 6.45) is 0.841. The molecule has 0 atom stereocenters. The zero-order valence-electron chi connectivity index (χ0n) is 24.6. The van der Waals surface area contributed by atoms with E-state index in [1.807, 2.05) is 4.68 Å². The molecule has 1 aliphatic carbocycles. The average molecular weight is 609 g/mol. The summed E-state index contributed by atoms with van der Waals surface area (Å²) in [4.78, 5) is 26.7. The Balaban J connectivity index is 1.27. The summed E-state index contributed by atoms with van der Waals surface area (Å²) >= 11 is 0. The SMILES string of the molecule is COc1cc(-c2nn([C@H]3CC[C@@H](N4CCN(C)CC4)CC3)c3ncnc(N)c23)ccc1NC(=O)c1ccccc1C(F)(F)F. The summed E-state index contributed by atoms with van der Waals surface area (Å²) in [6, 6.07) is 10.3. The smallest absolute Gasteiger partial charge is 0.417 e. The number of nitrogen functional groups attached to an aromatic ring is 1. The molecule has 2 aromatic carbocycles. The fourth-order valence-corrected chi connectivity index (χ4v) is 6.37. The van der Waals surface area contributed by atoms with Crippen LogP contribution in [0.1, 0.15) is 47.6 Å². The number of rotatable bonds is 6. The minimum atomic E-state index is -4.67. The van der Waals surface area contributed by atoms with Crippen LogP contribution in [0.3, 0.4) is 0 Å². The Morgan fingerprint density at radius 2 is 1.70 bits per heavy atom. The van der Waals surface area contributed by atoms with Crippen LogP contribution in [-0.4, -0.2) is 81.8 Å². The highest BCUT2D eigenvalue weighted by molar-refractivity contribution is 6.06. The largest absolute Gasteiger partial charge is 0.495 e. The van der Waals surface area contributed by atoms with Crippen molar-refractivity contribution in [3.05, 3.63) is 59.9 Å². The molecule has 3 heterocycles. The van der Waals surface area contributed by atoms with Gasteiger partial charge in [0.25, 0.3) is 5.91 Å². The van der Waals surface area contributed by atoms with E-state index in [-0.39, 0.29) is 17.5 Å². The third kappa shape index (κ3) is 5.81. The van der Waals surface area contributed by atoms with Crippen LogP contribution in [0.25, 0.3) is 22.3 Å². The molecule has 13 heteroatoms. The van der Waals surface area contributed by atoms with Crippen molar-refractivity contribution in [1.82, 2.24) is 29.5 Å². The second kappa shape index (κ2) is 12.0. The number of hydrogen-bond donors (Lipinski definition) is 2. The Morgan fingerprint density at radius 3 is 2.41 bits per heavy atom. The highest BCUT2D eigenvalue weighted by atomic mass is 19.4. The maximum Gasteiger partial charge on any atom is 0.417 e. The molecule has 6 rings (SSSR count). The molecule has 1 saturated heterocycles. The topological polar surface area (TPSA) is 114 Å². The van der Waals surface area contributed by atoms with Gasteiger partial charge in [0.15, 0.2) is 5.65 Å². The number of fused-ring (bicyclic) bond motifs is 1. The number of alkyl halides is 3. The normalized spacial score (nSPS) is 20.1. The van der Waals surface area contributed by atoms with Gasteiger partial charge in [0.2, 0.25) is 0 Å². The van der Waals surface area contributed by atoms with Crippen molar-refractivity contribution >= 4 is 28.4 Å². The Hall–Kier alpha value is -4.23. The first-order chi connectivity index (χ1) is 21.1. The molecule has 2 fully saturated rings. The van der Waals surface area contributed by atoms with Gasteiger partial charge in [-0.1, -0.05) is 18.2 Å². The highest BCUT2D eigenvalue weighted by Crippen LogP contribution is 2.39. The highest BCUT2D eigenvalue weighted by Gasteiger charge is 2.35. The number of aromatic nitrogens is 4. The molecule has 0 bridgehead atoms. The number of methoxy groups -OCH3 is 1. The van der Waals surface area contributed by atoms with Crippen molar-refractivity contribution in [3.63, 3.8) is 0 Å². The van der Waals surface area contributed by atoms with Crippen LogP contribution in [-0.2, 0) is 6.18 Å². The number of benzene rings is 2. The third-order valence-corrected chi connectivity index (χ3v) is 8.78. The monoisotopic (exact) mass is 608 g/mol. The molecular weight excluding hydrogens is 573 g/mol. The molecule has 0 radical (unpaired) electrons. The predicted octanol–water partition coefficient (Wildman–Crippen LogP) is 5.09. The minimum absolute atomic E-state index is 0.151. The minimum Gasteiger partial charge on any atom is -0.495 e. The molecule has 2 aliphatic rings. The summed E-state index contributed by atoms with van der Waals surface area (Å²) in [5, 5.41) is 8.17. The van der Waals surface area contributed by atoms with E-state index in [0.717, 1.165) is 64.0 Å². The van der Waals surface area contributed by atoms with Crippen molar-refractivity contribution in [2.45, 2.75) is 43.9 Å². The molecule has 1 amide bonds. The first-order valence-corrected chi connectivity index (χ1v) is 14.7. The van der Waals surface area contributed by atoms with E-state index in [9.17, 15) is 18.0 Å². The lowest BCUT2D eigenvalue weighted by Gasteiger charge is -2.41.